The summed E-state index contributed by atoms with van der Waals surface area (Å²) in [6.07, 6.45) is 3.01. The van der Waals surface area contributed by atoms with Crippen molar-refractivity contribution in [2.45, 2.75) is 43.7 Å². The van der Waals surface area contributed by atoms with Crippen molar-refractivity contribution in [2.75, 3.05) is 32.6 Å². The Balaban J connectivity index is 1.68. The van der Waals surface area contributed by atoms with Crippen molar-refractivity contribution in [1.82, 2.24) is 25.5 Å². The molecule has 0 aliphatic carbocycles. The summed E-state index contributed by atoms with van der Waals surface area (Å²) in [6.45, 7) is 5.28. The first-order valence-electron chi connectivity index (χ1n) is 7.03. The van der Waals surface area contributed by atoms with E-state index in [1.807, 2.05) is 4.68 Å². The predicted molar refractivity (Wildman–Crippen MR) is 76.9 cm³/mol. The molecule has 0 spiro atoms. The summed E-state index contributed by atoms with van der Waals surface area (Å²) in [5.74, 6) is 0.918. The largest absolute Gasteiger partial charge is 0.383 e. The Kier molecular flexibility index (Phi) is 6.71. The Bertz CT molecular complexity index is 390. The van der Waals surface area contributed by atoms with Crippen LogP contribution in [0.15, 0.2) is 5.16 Å². The van der Waals surface area contributed by atoms with Crippen LogP contribution in [0.25, 0.3) is 0 Å². The first kappa shape index (κ1) is 15.7. The molecule has 114 valence electrons. The highest BCUT2D eigenvalue weighted by molar-refractivity contribution is 7.99. The maximum atomic E-state index is 5.80. The van der Waals surface area contributed by atoms with E-state index in [1.165, 1.54) is 0 Å². The second kappa shape index (κ2) is 8.56. The zero-order chi connectivity index (χ0) is 14.2. The summed E-state index contributed by atoms with van der Waals surface area (Å²) < 4.78 is 12.6. The molecule has 2 unspecified atom stereocenters. The van der Waals surface area contributed by atoms with Gasteiger partial charge in [0.05, 0.1) is 25.4 Å². The molecule has 2 heterocycles. The fourth-order valence-electron chi connectivity index (χ4n) is 2.10. The number of nitrogens with one attached hydrogen (secondary N) is 1. The van der Waals surface area contributed by atoms with Gasteiger partial charge in [0.2, 0.25) is 5.16 Å². The molecule has 1 aliphatic heterocycles. The highest BCUT2D eigenvalue weighted by atomic mass is 32.2. The maximum absolute atomic E-state index is 5.80. The van der Waals surface area contributed by atoms with Crippen LogP contribution in [-0.4, -0.2) is 65.0 Å². The fraction of sp³-hybridized carbons (Fsp3) is 0.917. The van der Waals surface area contributed by atoms with E-state index in [4.69, 9.17) is 9.47 Å². The normalized spacial score (nSPS) is 22.5. The summed E-state index contributed by atoms with van der Waals surface area (Å²) in [4.78, 5) is 0. The summed E-state index contributed by atoms with van der Waals surface area (Å²) in [5.41, 5.74) is 0. The average Bonchev–Trinajstić information content (AvgIpc) is 3.05. The van der Waals surface area contributed by atoms with Gasteiger partial charge in [-0.15, -0.1) is 5.10 Å². The molecular weight excluding hydrogens is 278 g/mol. The van der Waals surface area contributed by atoms with E-state index in [0.29, 0.717) is 18.8 Å². The molecule has 8 heteroatoms. The summed E-state index contributed by atoms with van der Waals surface area (Å²) in [7, 11) is 1.70. The number of nitrogens with zero attached hydrogens (tertiary/aromatic N) is 4. The Morgan fingerprint density at radius 3 is 3.10 bits per heavy atom. The second-order valence-electron chi connectivity index (χ2n) is 4.88. The van der Waals surface area contributed by atoms with Gasteiger partial charge in [-0.3, -0.25) is 0 Å². The quantitative estimate of drug-likeness (QED) is 0.528. The van der Waals surface area contributed by atoms with E-state index in [1.54, 1.807) is 18.9 Å². The first-order chi connectivity index (χ1) is 9.79. The standard InChI is InChI=1S/C12H23N5O2S/c1-10-3-4-11(19-10)9-20-12-14-15-16-17(12)7-5-13-6-8-18-2/h10-11,13H,3-9H2,1-2H3. The predicted octanol–water partition coefficient (Wildman–Crippen LogP) is 0.569. The van der Waals surface area contributed by atoms with Crippen molar-refractivity contribution in [2.24, 2.45) is 0 Å². The molecular formula is C12H23N5O2S. The SMILES string of the molecule is COCCNCCn1nnnc1SCC1CCC(C)O1. The third kappa shape index (κ3) is 5.01. The van der Waals surface area contributed by atoms with Crippen LogP contribution < -0.4 is 5.32 Å². The summed E-state index contributed by atoms with van der Waals surface area (Å²) in [6, 6.07) is 0. The lowest BCUT2D eigenvalue weighted by atomic mass is 10.2. The molecule has 1 aromatic rings. The van der Waals surface area contributed by atoms with Crippen LogP contribution in [0.5, 0.6) is 0 Å². The first-order valence-corrected chi connectivity index (χ1v) is 8.02. The molecule has 1 aromatic heterocycles. The van der Waals surface area contributed by atoms with Crippen LogP contribution in [0.1, 0.15) is 19.8 Å². The summed E-state index contributed by atoms with van der Waals surface area (Å²) >= 11 is 1.67. The van der Waals surface area contributed by atoms with Crippen molar-refractivity contribution in [3.63, 3.8) is 0 Å². The fourth-order valence-corrected chi connectivity index (χ4v) is 3.05. The number of ether oxygens (including phenoxy) is 2. The van der Waals surface area contributed by atoms with Crippen LogP contribution in [0.2, 0.25) is 0 Å². The molecule has 1 saturated heterocycles. The molecule has 0 amide bonds. The van der Waals surface area contributed by atoms with Crippen molar-refractivity contribution in [1.29, 1.82) is 0 Å². The van der Waals surface area contributed by atoms with E-state index in [-0.39, 0.29) is 0 Å². The Labute approximate surface area is 123 Å². The number of methoxy groups -OCH3 is 1. The third-order valence-corrected chi connectivity index (χ3v) is 4.29. The third-order valence-electron chi connectivity index (χ3n) is 3.20. The smallest absolute Gasteiger partial charge is 0.209 e. The number of tetrazole rings is 1. The molecule has 1 aliphatic rings. The topological polar surface area (TPSA) is 74.1 Å². The average molecular weight is 301 g/mol. The van der Waals surface area contributed by atoms with Gasteiger partial charge in [-0.1, -0.05) is 11.8 Å². The highest BCUT2D eigenvalue weighted by Gasteiger charge is 2.22. The minimum Gasteiger partial charge on any atom is -0.383 e. The molecule has 1 N–H and O–H groups in total. The van der Waals surface area contributed by atoms with Crippen molar-refractivity contribution < 1.29 is 9.47 Å². The lowest BCUT2D eigenvalue weighted by Gasteiger charge is -2.10. The number of hydrogen-bond donors (Lipinski definition) is 1. The highest BCUT2D eigenvalue weighted by Crippen LogP contribution is 2.24. The van der Waals surface area contributed by atoms with Crippen molar-refractivity contribution in [3.05, 3.63) is 0 Å². The lowest BCUT2D eigenvalue weighted by molar-refractivity contribution is 0.0699. The van der Waals surface area contributed by atoms with E-state index < -0.39 is 0 Å². The zero-order valence-corrected chi connectivity index (χ0v) is 12.9. The molecule has 0 radical (unpaired) electrons. The van der Waals surface area contributed by atoms with Crippen LogP contribution >= 0.6 is 11.8 Å². The van der Waals surface area contributed by atoms with Crippen molar-refractivity contribution >= 4 is 11.8 Å². The van der Waals surface area contributed by atoms with E-state index in [2.05, 4.69) is 27.8 Å². The molecule has 0 bridgehead atoms. The second-order valence-corrected chi connectivity index (χ2v) is 5.87. The molecule has 0 aromatic carbocycles. The zero-order valence-electron chi connectivity index (χ0n) is 12.1. The number of rotatable bonds is 9. The van der Waals surface area contributed by atoms with Gasteiger partial charge in [0, 0.05) is 26.0 Å². The van der Waals surface area contributed by atoms with Gasteiger partial charge in [0.1, 0.15) is 0 Å². The number of hydrogen-bond acceptors (Lipinski definition) is 7. The van der Waals surface area contributed by atoms with Gasteiger partial charge < -0.3 is 14.8 Å². The van der Waals surface area contributed by atoms with Gasteiger partial charge in [-0.2, -0.15) is 0 Å². The Hall–Kier alpha value is -0.700. The lowest BCUT2D eigenvalue weighted by Crippen LogP contribution is -2.24. The van der Waals surface area contributed by atoms with Gasteiger partial charge in [0.15, 0.2) is 0 Å². The Morgan fingerprint density at radius 2 is 2.35 bits per heavy atom. The van der Waals surface area contributed by atoms with E-state index in [0.717, 1.165) is 43.4 Å². The molecule has 2 rings (SSSR count). The van der Waals surface area contributed by atoms with Gasteiger partial charge in [-0.05, 0) is 30.2 Å². The number of aromatic nitrogens is 4. The van der Waals surface area contributed by atoms with Crippen LogP contribution in [0.4, 0.5) is 0 Å². The number of thioether (sulfide) groups is 1. The maximum Gasteiger partial charge on any atom is 0.209 e. The Morgan fingerprint density at radius 1 is 1.45 bits per heavy atom. The van der Waals surface area contributed by atoms with Gasteiger partial charge in [0.25, 0.3) is 0 Å². The minimum atomic E-state index is 0.333. The molecule has 20 heavy (non-hydrogen) atoms. The van der Waals surface area contributed by atoms with E-state index in [9.17, 15) is 0 Å². The van der Waals surface area contributed by atoms with Crippen LogP contribution in [-0.2, 0) is 16.0 Å². The van der Waals surface area contributed by atoms with Crippen molar-refractivity contribution in [3.8, 4) is 0 Å². The molecule has 0 saturated carbocycles. The molecule has 7 nitrogen and oxygen atoms in total. The van der Waals surface area contributed by atoms with Gasteiger partial charge >= 0.3 is 0 Å². The van der Waals surface area contributed by atoms with Gasteiger partial charge in [-0.25, -0.2) is 4.68 Å². The molecule has 1 fully saturated rings. The van der Waals surface area contributed by atoms with Crippen LogP contribution in [0.3, 0.4) is 0 Å². The summed E-state index contributed by atoms with van der Waals surface area (Å²) in [5, 5.41) is 16.0. The van der Waals surface area contributed by atoms with Crippen LogP contribution in [0, 0.1) is 0 Å². The van der Waals surface area contributed by atoms with E-state index >= 15 is 0 Å². The minimum absolute atomic E-state index is 0.333. The monoisotopic (exact) mass is 301 g/mol. The molecule has 2 atom stereocenters.